The van der Waals surface area contributed by atoms with Gasteiger partial charge in [0.25, 0.3) is 5.91 Å². The monoisotopic (exact) mass is 363 g/mol. The van der Waals surface area contributed by atoms with Crippen LogP contribution in [0.3, 0.4) is 0 Å². The van der Waals surface area contributed by atoms with Crippen LogP contribution in [0.1, 0.15) is 62.2 Å². The van der Waals surface area contributed by atoms with Gasteiger partial charge in [0, 0.05) is 18.8 Å². The smallest absolute Gasteiger partial charge is 0.254 e. The molecule has 0 aromatic carbocycles. The van der Waals surface area contributed by atoms with E-state index in [1.54, 1.807) is 0 Å². The van der Waals surface area contributed by atoms with Crippen LogP contribution in [0, 0.1) is 0 Å². The van der Waals surface area contributed by atoms with Crippen molar-refractivity contribution in [2.24, 2.45) is 5.73 Å². The molecule has 5 N–H and O–H groups in total. The quantitative estimate of drug-likeness (QED) is 0.581. The third-order valence-electron chi connectivity index (χ3n) is 5.27. The number of nitrogens with two attached hydrogens (primary N) is 1. The molecule has 0 aliphatic heterocycles. The number of rotatable bonds is 7. The maximum absolute atomic E-state index is 11.7. The summed E-state index contributed by atoms with van der Waals surface area (Å²) in [5, 5.41) is 16.6. The SMILES string of the molecule is CCO[C@H]1CC[C@H](Nc2ncc(C(N)=O)c(N[C@H]3CCC[C@@H]3O)n2)CC1. The Morgan fingerprint density at radius 2 is 2.04 bits per heavy atom. The zero-order valence-electron chi connectivity index (χ0n) is 15.3. The number of carbonyl (C=O) groups excluding carboxylic acids is 1. The third-order valence-corrected chi connectivity index (χ3v) is 5.27. The number of carbonyl (C=O) groups is 1. The van der Waals surface area contributed by atoms with Gasteiger partial charge >= 0.3 is 0 Å². The molecule has 1 aromatic rings. The van der Waals surface area contributed by atoms with Gasteiger partial charge in [0.2, 0.25) is 5.95 Å². The number of nitrogens with zero attached hydrogens (tertiary/aromatic N) is 2. The highest BCUT2D eigenvalue weighted by atomic mass is 16.5. The average Bonchev–Trinajstić information content (AvgIpc) is 3.02. The van der Waals surface area contributed by atoms with E-state index in [1.807, 2.05) is 6.92 Å². The Balaban J connectivity index is 1.66. The molecular weight excluding hydrogens is 334 g/mol. The van der Waals surface area contributed by atoms with Gasteiger partial charge < -0.3 is 26.2 Å². The minimum Gasteiger partial charge on any atom is -0.391 e. The first kappa shape index (κ1) is 18.8. The molecule has 0 unspecified atom stereocenters. The van der Waals surface area contributed by atoms with Gasteiger partial charge in [-0.25, -0.2) is 4.98 Å². The lowest BCUT2D eigenvalue weighted by atomic mass is 9.93. The molecular formula is C18H29N5O3. The molecule has 26 heavy (non-hydrogen) atoms. The molecule has 0 bridgehead atoms. The van der Waals surface area contributed by atoms with Crippen LogP contribution in [0.4, 0.5) is 11.8 Å². The summed E-state index contributed by atoms with van der Waals surface area (Å²) in [4.78, 5) is 20.4. The number of hydrogen-bond acceptors (Lipinski definition) is 7. The van der Waals surface area contributed by atoms with Gasteiger partial charge in [0.1, 0.15) is 5.82 Å². The van der Waals surface area contributed by atoms with Crippen molar-refractivity contribution in [1.82, 2.24) is 9.97 Å². The lowest BCUT2D eigenvalue weighted by Crippen LogP contribution is -2.32. The predicted octanol–water partition coefficient (Wildman–Crippen LogP) is 1.66. The van der Waals surface area contributed by atoms with Crippen LogP contribution in [0.5, 0.6) is 0 Å². The molecule has 2 atom stereocenters. The van der Waals surface area contributed by atoms with Crippen molar-refractivity contribution in [2.75, 3.05) is 17.2 Å². The van der Waals surface area contributed by atoms with Gasteiger partial charge in [0.15, 0.2) is 0 Å². The van der Waals surface area contributed by atoms with E-state index in [4.69, 9.17) is 10.5 Å². The van der Waals surface area contributed by atoms with Crippen LogP contribution in [0.15, 0.2) is 6.20 Å². The van der Waals surface area contributed by atoms with Gasteiger partial charge in [-0.3, -0.25) is 4.79 Å². The number of primary amides is 1. The first-order chi connectivity index (χ1) is 12.6. The second kappa shape index (κ2) is 8.64. The fourth-order valence-electron chi connectivity index (χ4n) is 3.82. The highest BCUT2D eigenvalue weighted by molar-refractivity contribution is 5.97. The highest BCUT2D eigenvalue weighted by Gasteiger charge is 2.27. The summed E-state index contributed by atoms with van der Waals surface area (Å²) in [6.45, 7) is 2.77. The van der Waals surface area contributed by atoms with Gasteiger partial charge in [-0.05, 0) is 51.9 Å². The Morgan fingerprint density at radius 1 is 1.27 bits per heavy atom. The van der Waals surface area contributed by atoms with Crippen molar-refractivity contribution in [2.45, 2.75) is 76.2 Å². The largest absolute Gasteiger partial charge is 0.391 e. The molecule has 144 valence electrons. The number of aromatic nitrogens is 2. The minimum absolute atomic E-state index is 0.113. The van der Waals surface area contributed by atoms with Gasteiger partial charge in [0.05, 0.1) is 23.8 Å². The number of anilines is 2. The molecule has 8 heteroatoms. The van der Waals surface area contributed by atoms with Crippen LogP contribution >= 0.6 is 0 Å². The zero-order valence-corrected chi connectivity index (χ0v) is 15.3. The van der Waals surface area contributed by atoms with Crippen molar-refractivity contribution < 1.29 is 14.6 Å². The normalized spacial score (nSPS) is 28.7. The molecule has 0 radical (unpaired) electrons. The van der Waals surface area contributed by atoms with Crippen LogP contribution in [0.25, 0.3) is 0 Å². The van der Waals surface area contributed by atoms with Crippen LogP contribution in [-0.4, -0.2) is 51.9 Å². The average molecular weight is 363 g/mol. The molecule has 2 saturated carbocycles. The Labute approximate surface area is 153 Å². The third kappa shape index (κ3) is 4.62. The molecule has 1 heterocycles. The molecule has 1 amide bonds. The number of aliphatic hydroxyl groups excluding tert-OH is 1. The fourth-order valence-corrected chi connectivity index (χ4v) is 3.82. The van der Waals surface area contributed by atoms with E-state index in [2.05, 4.69) is 20.6 Å². The standard InChI is InChI=1S/C18H29N5O3/c1-2-26-12-8-6-11(7-9-12)21-18-20-10-13(16(19)25)17(23-18)22-14-4-3-5-15(14)24/h10-12,14-15,24H,2-9H2,1H3,(H2,19,25)(H2,20,21,22,23)/t11-,12-,14-,15-/m0/s1. The molecule has 2 aliphatic carbocycles. The van der Waals surface area contributed by atoms with E-state index in [1.165, 1.54) is 6.20 Å². The van der Waals surface area contributed by atoms with E-state index >= 15 is 0 Å². The molecule has 2 aliphatic rings. The van der Waals surface area contributed by atoms with Crippen molar-refractivity contribution in [3.63, 3.8) is 0 Å². The summed E-state index contributed by atoms with van der Waals surface area (Å²) < 4.78 is 5.68. The number of nitrogens with one attached hydrogen (secondary N) is 2. The zero-order chi connectivity index (χ0) is 18.5. The Morgan fingerprint density at radius 3 is 2.65 bits per heavy atom. The summed E-state index contributed by atoms with van der Waals surface area (Å²) in [6.07, 6.45) is 7.93. The van der Waals surface area contributed by atoms with Gasteiger partial charge in [-0.2, -0.15) is 4.98 Å². The number of hydrogen-bond donors (Lipinski definition) is 4. The second-order valence-corrected chi connectivity index (χ2v) is 7.14. The van der Waals surface area contributed by atoms with E-state index in [-0.39, 0.29) is 17.6 Å². The Bertz CT molecular complexity index is 619. The highest BCUT2D eigenvalue weighted by Crippen LogP contribution is 2.26. The van der Waals surface area contributed by atoms with Crippen LogP contribution in [-0.2, 0) is 4.74 Å². The fraction of sp³-hybridized carbons (Fsp3) is 0.722. The molecule has 1 aromatic heterocycles. The van der Waals surface area contributed by atoms with E-state index in [0.29, 0.717) is 17.9 Å². The summed E-state index contributed by atoms with van der Waals surface area (Å²) >= 11 is 0. The maximum atomic E-state index is 11.7. The lowest BCUT2D eigenvalue weighted by molar-refractivity contribution is 0.0346. The first-order valence-electron chi connectivity index (χ1n) is 9.56. The van der Waals surface area contributed by atoms with E-state index < -0.39 is 12.0 Å². The van der Waals surface area contributed by atoms with Crippen molar-refractivity contribution >= 4 is 17.7 Å². The molecule has 3 rings (SSSR count). The van der Waals surface area contributed by atoms with Gasteiger partial charge in [-0.15, -0.1) is 0 Å². The van der Waals surface area contributed by atoms with E-state index in [9.17, 15) is 9.90 Å². The second-order valence-electron chi connectivity index (χ2n) is 7.14. The lowest BCUT2D eigenvalue weighted by Gasteiger charge is -2.29. The minimum atomic E-state index is -0.580. The summed E-state index contributed by atoms with van der Waals surface area (Å²) in [6, 6.07) is 0.175. The summed E-state index contributed by atoms with van der Waals surface area (Å²) in [7, 11) is 0. The van der Waals surface area contributed by atoms with Crippen molar-refractivity contribution in [1.29, 1.82) is 0 Å². The van der Waals surface area contributed by atoms with Gasteiger partial charge in [-0.1, -0.05) is 0 Å². The van der Waals surface area contributed by atoms with E-state index in [0.717, 1.165) is 51.6 Å². The summed E-state index contributed by atoms with van der Waals surface area (Å²) in [5.74, 6) is 0.289. The Hall–Kier alpha value is -1.93. The Kier molecular flexibility index (Phi) is 6.26. The molecule has 0 saturated heterocycles. The van der Waals surface area contributed by atoms with Crippen molar-refractivity contribution in [3.8, 4) is 0 Å². The summed E-state index contributed by atoms with van der Waals surface area (Å²) in [5.41, 5.74) is 5.69. The first-order valence-corrected chi connectivity index (χ1v) is 9.56. The number of aliphatic hydroxyl groups is 1. The number of amides is 1. The van der Waals surface area contributed by atoms with Crippen molar-refractivity contribution in [3.05, 3.63) is 11.8 Å². The maximum Gasteiger partial charge on any atom is 0.254 e. The topological polar surface area (TPSA) is 122 Å². The number of ether oxygens (including phenoxy) is 1. The van der Waals surface area contributed by atoms with Crippen LogP contribution < -0.4 is 16.4 Å². The predicted molar refractivity (Wildman–Crippen MR) is 99.1 cm³/mol. The molecule has 2 fully saturated rings. The molecule has 8 nitrogen and oxygen atoms in total. The molecule has 0 spiro atoms. The van der Waals surface area contributed by atoms with Crippen LogP contribution in [0.2, 0.25) is 0 Å².